The van der Waals surface area contributed by atoms with Crippen molar-refractivity contribution in [2.45, 2.75) is 13.8 Å². The van der Waals surface area contributed by atoms with Gasteiger partial charge in [-0.2, -0.15) is 0 Å². The van der Waals surface area contributed by atoms with Gasteiger partial charge in [0.2, 0.25) is 0 Å². The zero-order valence-electron chi connectivity index (χ0n) is 13.4. The maximum atomic E-state index is 10.8. The van der Waals surface area contributed by atoms with Gasteiger partial charge in [0.15, 0.2) is 0 Å². The van der Waals surface area contributed by atoms with Gasteiger partial charge in [0.1, 0.15) is 5.75 Å². The van der Waals surface area contributed by atoms with Gasteiger partial charge in [-0.3, -0.25) is 0 Å². The number of aromatic hydroxyl groups is 1. The van der Waals surface area contributed by atoms with Crippen molar-refractivity contribution >= 4 is 28.9 Å². The highest BCUT2D eigenvalue weighted by atomic mass is 35.5. The molecular formula is C20H17Cl2NO. The predicted molar refractivity (Wildman–Crippen MR) is 103 cm³/mol. The van der Waals surface area contributed by atoms with E-state index in [4.69, 9.17) is 28.9 Å². The molecular weight excluding hydrogens is 341 g/mol. The highest BCUT2D eigenvalue weighted by Gasteiger charge is 2.14. The third-order valence-electron chi connectivity index (χ3n) is 4.03. The van der Waals surface area contributed by atoms with E-state index < -0.39 is 0 Å². The lowest BCUT2D eigenvalue weighted by atomic mass is 9.94. The molecule has 3 rings (SSSR count). The Labute approximate surface area is 151 Å². The minimum atomic E-state index is 0.211. The molecule has 0 atom stereocenters. The van der Waals surface area contributed by atoms with Crippen LogP contribution in [0, 0.1) is 13.8 Å². The van der Waals surface area contributed by atoms with Crippen molar-refractivity contribution in [2.24, 2.45) is 0 Å². The number of aryl methyl sites for hydroxylation is 2. The van der Waals surface area contributed by atoms with Gasteiger partial charge in [-0.15, -0.1) is 0 Å². The maximum absolute atomic E-state index is 10.8. The van der Waals surface area contributed by atoms with Crippen molar-refractivity contribution in [3.63, 3.8) is 0 Å². The number of nitrogen functional groups attached to an aromatic ring is 1. The van der Waals surface area contributed by atoms with Gasteiger partial charge in [-0.1, -0.05) is 35.3 Å². The second-order valence-electron chi connectivity index (χ2n) is 5.91. The van der Waals surface area contributed by atoms with E-state index in [0.717, 1.165) is 33.4 Å². The van der Waals surface area contributed by atoms with E-state index in [-0.39, 0.29) is 5.75 Å². The van der Waals surface area contributed by atoms with E-state index in [9.17, 15) is 5.11 Å². The fraction of sp³-hybridized carbons (Fsp3) is 0.100. The molecule has 0 aliphatic rings. The van der Waals surface area contributed by atoms with Crippen molar-refractivity contribution in [3.05, 3.63) is 69.7 Å². The molecule has 0 fully saturated rings. The fourth-order valence-corrected chi connectivity index (χ4v) is 3.02. The van der Waals surface area contributed by atoms with Crippen LogP contribution < -0.4 is 5.73 Å². The number of phenolic OH excluding ortho intramolecular Hbond substituents is 1. The second-order valence-corrected chi connectivity index (χ2v) is 6.72. The number of rotatable bonds is 2. The number of benzene rings is 3. The lowest BCUT2D eigenvalue weighted by Gasteiger charge is -2.14. The molecule has 2 nitrogen and oxygen atoms in total. The summed E-state index contributed by atoms with van der Waals surface area (Å²) in [4.78, 5) is 0. The zero-order chi connectivity index (χ0) is 17.4. The summed E-state index contributed by atoms with van der Waals surface area (Å²) in [5.74, 6) is 0.211. The molecule has 0 heterocycles. The Hall–Kier alpha value is -2.16. The fourth-order valence-electron chi connectivity index (χ4n) is 2.73. The van der Waals surface area contributed by atoms with E-state index in [0.29, 0.717) is 15.7 Å². The Kier molecular flexibility index (Phi) is 4.44. The van der Waals surface area contributed by atoms with Gasteiger partial charge >= 0.3 is 0 Å². The molecule has 0 aromatic heterocycles. The molecule has 0 radical (unpaired) electrons. The summed E-state index contributed by atoms with van der Waals surface area (Å²) in [6, 6.07) is 15.0. The zero-order valence-corrected chi connectivity index (χ0v) is 14.9. The van der Waals surface area contributed by atoms with Crippen molar-refractivity contribution in [3.8, 4) is 28.0 Å². The molecule has 0 amide bonds. The van der Waals surface area contributed by atoms with Crippen LogP contribution in [0.3, 0.4) is 0 Å². The highest BCUT2D eigenvalue weighted by molar-refractivity contribution is 6.33. The number of hydrogen-bond acceptors (Lipinski definition) is 2. The van der Waals surface area contributed by atoms with Crippen molar-refractivity contribution in [1.29, 1.82) is 0 Å². The molecule has 0 saturated heterocycles. The summed E-state index contributed by atoms with van der Waals surface area (Å²) >= 11 is 12.2. The number of phenols is 1. The first-order chi connectivity index (χ1) is 11.4. The minimum Gasteiger partial charge on any atom is -0.507 e. The Bertz CT molecular complexity index is 862. The highest BCUT2D eigenvalue weighted by Crippen LogP contribution is 2.41. The molecule has 0 spiro atoms. The normalized spacial score (nSPS) is 10.8. The predicted octanol–water partition coefficient (Wildman–Crippen LogP) is 6.23. The van der Waals surface area contributed by atoms with Crippen molar-refractivity contribution in [2.75, 3.05) is 5.73 Å². The van der Waals surface area contributed by atoms with Crippen LogP contribution in [0.15, 0.2) is 48.5 Å². The molecule has 3 N–H and O–H groups in total. The van der Waals surface area contributed by atoms with Crippen LogP contribution in [0.5, 0.6) is 5.75 Å². The molecule has 4 heteroatoms. The van der Waals surface area contributed by atoms with Crippen LogP contribution in [-0.2, 0) is 0 Å². The van der Waals surface area contributed by atoms with Crippen molar-refractivity contribution in [1.82, 2.24) is 0 Å². The standard InChI is InChI=1S/C20H17Cl2NO/c1-11-7-15(13-3-5-17(21)12(2)9-13)20(24)16(8-11)14-4-6-19(23)18(22)10-14/h3-10,24H,23H2,1-2H3. The first-order valence-electron chi connectivity index (χ1n) is 7.52. The molecule has 0 bridgehead atoms. The molecule has 0 aliphatic heterocycles. The number of hydrogen-bond donors (Lipinski definition) is 2. The van der Waals surface area contributed by atoms with E-state index in [1.54, 1.807) is 12.1 Å². The van der Waals surface area contributed by atoms with E-state index in [1.165, 1.54) is 0 Å². The number of nitrogens with two attached hydrogens (primary N) is 1. The van der Waals surface area contributed by atoms with Gasteiger partial charge in [0.05, 0.1) is 10.7 Å². The molecule has 0 aliphatic carbocycles. The molecule has 122 valence electrons. The largest absolute Gasteiger partial charge is 0.507 e. The van der Waals surface area contributed by atoms with Crippen LogP contribution in [0.4, 0.5) is 5.69 Å². The van der Waals surface area contributed by atoms with Gasteiger partial charge in [-0.05, 0) is 72.5 Å². The first kappa shape index (κ1) is 16.7. The molecule has 3 aromatic rings. The summed E-state index contributed by atoms with van der Waals surface area (Å²) in [7, 11) is 0. The van der Waals surface area contributed by atoms with E-state index >= 15 is 0 Å². The summed E-state index contributed by atoms with van der Waals surface area (Å²) in [5, 5.41) is 12.0. The molecule has 24 heavy (non-hydrogen) atoms. The van der Waals surface area contributed by atoms with E-state index in [1.807, 2.05) is 50.2 Å². The Balaban J connectivity index is 2.21. The first-order valence-corrected chi connectivity index (χ1v) is 8.28. The smallest absolute Gasteiger partial charge is 0.131 e. The average Bonchev–Trinajstić information content (AvgIpc) is 2.54. The van der Waals surface area contributed by atoms with Crippen LogP contribution in [-0.4, -0.2) is 5.11 Å². The third kappa shape index (κ3) is 3.08. The van der Waals surface area contributed by atoms with Crippen molar-refractivity contribution < 1.29 is 5.11 Å². The Morgan fingerprint density at radius 3 is 1.96 bits per heavy atom. The minimum absolute atomic E-state index is 0.211. The third-order valence-corrected chi connectivity index (χ3v) is 4.79. The van der Waals surface area contributed by atoms with Gasteiger partial charge in [0.25, 0.3) is 0 Å². The summed E-state index contributed by atoms with van der Waals surface area (Å²) in [5.41, 5.74) is 11.5. The van der Waals surface area contributed by atoms with Gasteiger partial charge < -0.3 is 10.8 Å². The van der Waals surface area contributed by atoms with Crippen LogP contribution in [0.1, 0.15) is 11.1 Å². The second kappa shape index (κ2) is 6.39. The summed E-state index contributed by atoms with van der Waals surface area (Å²) in [6.45, 7) is 3.94. The molecule has 0 unspecified atom stereocenters. The number of halogens is 2. The Morgan fingerprint density at radius 2 is 1.38 bits per heavy atom. The quantitative estimate of drug-likeness (QED) is 0.533. The average molecular weight is 358 g/mol. The summed E-state index contributed by atoms with van der Waals surface area (Å²) < 4.78 is 0. The van der Waals surface area contributed by atoms with Gasteiger partial charge in [0, 0.05) is 16.1 Å². The van der Waals surface area contributed by atoms with Gasteiger partial charge in [-0.25, -0.2) is 0 Å². The van der Waals surface area contributed by atoms with Crippen LogP contribution in [0.25, 0.3) is 22.3 Å². The number of anilines is 1. The Morgan fingerprint density at radius 1 is 0.792 bits per heavy atom. The maximum Gasteiger partial charge on any atom is 0.131 e. The topological polar surface area (TPSA) is 46.2 Å². The molecule has 0 saturated carbocycles. The van der Waals surface area contributed by atoms with Crippen LogP contribution in [0.2, 0.25) is 10.0 Å². The monoisotopic (exact) mass is 357 g/mol. The SMILES string of the molecule is Cc1cc(-c2ccc(Cl)c(C)c2)c(O)c(-c2ccc(N)c(Cl)c2)c1. The lowest BCUT2D eigenvalue weighted by molar-refractivity contribution is 0.479. The lowest BCUT2D eigenvalue weighted by Crippen LogP contribution is -1.90. The van der Waals surface area contributed by atoms with E-state index in [2.05, 4.69) is 0 Å². The van der Waals surface area contributed by atoms with Crippen LogP contribution >= 0.6 is 23.2 Å². The summed E-state index contributed by atoms with van der Waals surface area (Å²) in [6.07, 6.45) is 0. The molecule has 3 aromatic carbocycles.